The molecule has 2 aromatic rings. The lowest BCUT2D eigenvalue weighted by Gasteiger charge is -1.89. The van der Waals surface area contributed by atoms with Crippen molar-refractivity contribution in [3.8, 4) is 5.75 Å². The zero-order chi connectivity index (χ0) is 10.1. The van der Waals surface area contributed by atoms with Crippen LogP contribution in [0.1, 0.15) is 5.89 Å². The SMILES string of the molecule is O=C(O)Cc1nc2cccc(O)c2o1. The van der Waals surface area contributed by atoms with Crippen molar-refractivity contribution < 1.29 is 19.4 Å². The minimum absolute atomic E-state index is 0.0355. The van der Waals surface area contributed by atoms with Gasteiger partial charge in [0, 0.05) is 0 Å². The van der Waals surface area contributed by atoms with Gasteiger partial charge in [0.2, 0.25) is 5.89 Å². The molecule has 0 aliphatic rings. The normalized spacial score (nSPS) is 10.6. The monoisotopic (exact) mass is 193 g/mol. The van der Waals surface area contributed by atoms with Crippen LogP contribution in [0.25, 0.3) is 11.1 Å². The molecule has 5 heteroatoms. The minimum Gasteiger partial charge on any atom is -0.504 e. The first-order chi connectivity index (χ1) is 6.66. The van der Waals surface area contributed by atoms with E-state index in [1.807, 2.05) is 0 Å². The maximum atomic E-state index is 10.4. The number of phenols is 1. The molecule has 5 nitrogen and oxygen atoms in total. The molecule has 1 aromatic heterocycles. The van der Waals surface area contributed by atoms with Gasteiger partial charge >= 0.3 is 5.97 Å². The lowest BCUT2D eigenvalue weighted by molar-refractivity contribution is -0.136. The Kier molecular flexibility index (Phi) is 1.85. The topological polar surface area (TPSA) is 83.6 Å². The molecule has 0 aliphatic carbocycles. The maximum absolute atomic E-state index is 10.4. The number of hydrogen-bond donors (Lipinski definition) is 2. The highest BCUT2D eigenvalue weighted by Gasteiger charge is 2.11. The summed E-state index contributed by atoms with van der Waals surface area (Å²) in [7, 11) is 0. The number of nitrogens with zero attached hydrogens (tertiary/aromatic N) is 1. The van der Waals surface area contributed by atoms with E-state index in [0.29, 0.717) is 5.52 Å². The highest BCUT2D eigenvalue weighted by atomic mass is 16.4. The Morgan fingerprint density at radius 2 is 2.29 bits per heavy atom. The first-order valence-corrected chi connectivity index (χ1v) is 3.96. The van der Waals surface area contributed by atoms with Gasteiger partial charge in [-0.15, -0.1) is 0 Å². The molecule has 0 radical (unpaired) electrons. The number of aromatic hydroxyl groups is 1. The molecule has 0 bridgehead atoms. The van der Waals surface area contributed by atoms with Crippen LogP contribution in [0.2, 0.25) is 0 Å². The molecule has 0 unspecified atom stereocenters. The second-order valence-electron chi connectivity index (χ2n) is 2.80. The molecule has 72 valence electrons. The first-order valence-electron chi connectivity index (χ1n) is 3.96. The van der Waals surface area contributed by atoms with E-state index in [-0.39, 0.29) is 23.6 Å². The van der Waals surface area contributed by atoms with E-state index in [0.717, 1.165) is 0 Å². The summed E-state index contributed by atoms with van der Waals surface area (Å²) >= 11 is 0. The number of aromatic nitrogens is 1. The Morgan fingerprint density at radius 1 is 1.50 bits per heavy atom. The van der Waals surface area contributed by atoms with Crippen LogP contribution < -0.4 is 0 Å². The molecule has 2 rings (SSSR count). The van der Waals surface area contributed by atoms with Crippen LogP contribution in [-0.2, 0) is 11.2 Å². The Hall–Kier alpha value is -2.04. The van der Waals surface area contributed by atoms with Crippen LogP contribution in [0.15, 0.2) is 22.6 Å². The molecular weight excluding hydrogens is 186 g/mol. The highest BCUT2D eigenvalue weighted by Crippen LogP contribution is 2.24. The number of aliphatic carboxylic acids is 1. The number of fused-ring (bicyclic) bond motifs is 1. The number of carbonyl (C=O) groups is 1. The van der Waals surface area contributed by atoms with E-state index in [2.05, 4.69) is 4.98 Å². The summed E-state index contributed by atoms with van der Waals surface area (Å²) < 4.78 is 5.07. The smallest absolute Gasteiger partial charge is 0.312 e. The highest BCUT2D eigenvalue weighted by molar-refractivity contribution is 5.79. The van der Waals surface area contributed by atoms with E-state index >= 15 is 0 Å². The average Bonchev–Trinajstić information content (AvgIpc) is 2.47. The van der Waals surface area contributed by atoms with Gasteiger partial charge in [-0.05, 0) is 12.1 Å². The van der Waals surface area contributed by atoms with E-state index in [1.54, 1.807) is 12.1 Å². The maximum Gasteiger partial charge on any atom is 0.312 e. The summed E-state index contributed by atoms with van der Waals surface area (Å²) in [6.45, 7) is 0. The van der Waals surface area contributed by atoms with Gasteiger partial charge in [-0.3, -0.25) is 4.79 Å². The zero-order valence-corrected chi connectivity index (χ0v) is 7.10. The number of hydrogen-bond acceptors (Lipinski definition) is 4. The third-order valence-corrected chi connectivity index (χ3v) is 1.74. The first kappa shape index (κ1) is 8.55. The van der Waals surface area contributed by atoms with E-state index < -0.39 is 5.97 Å². The minimum atomic E-state index is -1.02. The van der Waals surface area contributed by atoms with Crippen LogP contribution in [0.3, 0.4) is 0 Å². The third-order valence-electron chi connectivity index (χ3n) is 1.74. The third kappa shape index (κ3) is 1.39. The fourth-order valence-electron chi connectivity index (χ4n) is 1.19. The van der Waals surface area contributed by atoms with E-state index in [9.17, 15) is 9.90 Å². The van der Waals surface area contributed by atoms with Gasteiger partial charge in [0.1, 0.15) is 11.9 Å². The van der Waals surface area contributed by atoms with E-state index in [4.69, 9.17) is 9.52 Å². The van der Waals surface area contributed by atoms with Crippen molar-refractivity contribution >= 4 is 17.1 Å². The van der Waals surface area contributed by atoms with Crippen LogP contribution in [0, 0.1) is 0 Å². The van der Waals surface area contributed by atoms with Crippen molar-refractivity contribution in [3.63, 3.8) is 0 Å². The molecule has 0 atom stereocenters. The number of carboxylic acids is 1. The molecule has 1 aromatic carbocycles. The number of para-hydroxylation sites is 1. The molecule has 14 heavy (non-hydrogen) atoms. The lowest BCUT2D eigenvalue weighted by atomic mass is 10.3. The number of oxazole rings is 1. The van der Waals surface area contributed by atoms with Gasteiger partial charge in [0.15, 0.2) is 11.3 Å². The van der Waals surface area contributed by atoms with Gasteiger partial charge in [-0.25, -0.2) is 4.98 Å². The molecule has 0 saturated carbocycles. The van der Waals surface area contributed by atoms with Crippen LogP contribution in [-0.4, -0.2) is 21.2 Å². The predicted molar refractivity (Wildman–Crippen MR) is 47.0 cm³/mol. The Bertz CT molecular complexity index is 489. The summed E-state index contributed by atoms with van der Waals surface area (Å²) in [5.74, 6) is -0.961. The number of rotatable bonds is 2. The quantitative estimate of drug-likeness (QED) is 0.747. The van der Waals surface area contributed by atoms with Crippen LogP contribution >= 0.6 is 0 Å². The second kappa shape index (κ2) is 3.02. The molecular formula is C9H7NO4. The molecule has 0 spiro atoms. The van der Waals surface area contributed by atoms with Gasteiger partial charge in [0.05, 0.1) is 0 Å². The molecule has 2 N–H and O–H groups in total. The van der Waals surface area contributed by atoms with E-state index in [1.165, 1.54) is 6.07 Å². The number of benzene rings is 1. The Balaban J connectivity index is 2.51. The second-order valence-corrected chi connectivity index (χ2v) is 2.80. The van der Waals surface area contributed by atoms with Gasteiger partial charge in [0.25, 0.3) is 0 Å². The van der Waals surface area contributed by atoms with Gasteiger partial charge in [-0.1, -0.05) is 6.07 Å². The van der Waals surface area contributed by atoms with Crippen molar-refractivity contribution in [2.24, 2.45) is 0 Å². The largest absolute Gasteiger partial charge is 0.504 e. The number of carboxylic acid groups (broad SMARTS) is 1. The van der Waals surface area contributed by atoms with Crippen molar-refractivity contribution in [2.75, 3.05) is 0 Å². The summed E-state index contributed by atoms with van der Waals surface area (Å²) in [4.78, 5) is 14.3. The van der Waals surface area contributed by atoms with Crippen LogP contribution in [0.5, 0.6) is 5.75 Å². The lowest BCUT2D eigenvalue weighted by Crippen LogP contribution is -1.99. The van der Waals surface area contributed by atoms with Crippen molar-refractivity contribution in [1.82, 2.24) is 4.98 Å². The van der Waals surface area contributed by atoms with Crippen molar-refractivity contribution in [3.05, 3.63) is 24.1 Å². The fourth-order valence-corrected chi connectivity index (χ4v) is 1.19. The van der Waals surface area contributed by atoms with Crippen LogP contribution in [0.4, 0.5) is 0 Å². The molecule has 1 heterocycles. The summed E-state index contributed by atoms with van der Waals surface area (Å²) in [5, 5.41) is 17.8. The van der Waals surface area contributed by atoms with Crippen molar-refractivity contribution in [1.29, 1.82) is 0 Å². The van der Waals surface area contributed by atoms with Crippen molar-refractivity contribution in [2.45, 2.75) is 6.42 Å². The zero-order valence-electron chi connectivity index (χ0n) is 7.10. The number of phenolic OH excluding ortho intramolecular Hbond substituents is 1. The molecule has 0 amide bonds. The standard InChI is InChI=1S/C9H7NO4/c11-6-3-1-2-5-9(6)14-7(10-5)4-8(12)13/h1-3,11H,4H2,(H,12,13). The van der Waals surface area contributed by atoms with Gasteiger partial charge < -0.3 is 14.6 Å². The van der Waals surface area contributed by atoms with Gasteiger partial charge in [-0.2, -0.15) is 0 Å². The summed E-state index contributed by atoms with van der Waals surface area (Å²) in [6, 6.07) is 4.71. The predicted octanol–water partition coefficient (Wildman–Crippen LogP) is 1.16. The molecule has 0 saturated heterocycles. The fraction of sp³-hybridized carbons (Fsp3) is 0.111. The molecule has 0 fully saturated rings. The Labute approximate surface area is 78.6 Å². The summed E-state index contributed by atoms with van der Waals surface area (Å²) in [6.07, 6.45) is -0.284. The Morgan fingerprint density at radius 3 is 2.93 bits per heavy atom. The average molecular weight is 193 g/mol. The summed E-state index contributed by atoms with van der Waals surface area (Å²) in [5.41, 5.74) is 0.685. The molecule has 0 aliphatic heterocycles.